The van der Waals surface area contributed by atoms with Gasteiger partial charge in [-0.15, -0.1) is 0 Å². The number of anilines is 1. The molecule has 0 aliphatic rings. The molecule has 0 radical (unpaired) electrons. The molecular formula is C31H39N3O5S. The van der Waals surface area contributed by atoms with Crippen LogP contribution in [-0.2, 0) is 32.6 Å². The number of rotatable bonds is 14. The van der Waals surface area contributed by atoms with Crippen molar-refractivity contribution in [3.63, 3.8) is 0 Å². The van der Waals surface area contributed by atoms with Gasteiger partial charge in [-0.2, -0.15) is 0 Å². The zero-order valence-corrected chi connectivity index (χ0v) is 24.5. The van der Waals surface area contributed by atoms with Crippen LogP contribution in [0.25, 0.3) is 0 Å². The normalized spacial score (nSPS) is 11.9. The molecule has 0 heterocycles. The second-order valence-electron chi connectivity index (χ2n) is 9.68. The van der Waals surface area contributed by atoms with Crippen LogP contribution in [0.15, 0.2) is 78.9 Å². The second-order valence-corrected chi connectivity index (χ2v) is 11.6. The van der Waals surface area contributed by atoms with E-state index in [9.17, 15) is 18.0 Å². The highest BCUT2D eigenvalue weighted by Gasteiger charge is 2.33. The maximum absolute atomic E-state index is 14.1. The van der Waals surface area contributed by atoms with E-state index < -0.39 is 28.5 Å². The lowest BCUT2D eigenvalue weighted by Crippen LogP contribution is -2.53. The number of amides is 2. The molecule has 3 aromatic carbocycles. The van der Waals surface area contributed by atoms with Crippen LogP contribution < -0.4 is 14.4 Å². The maximum Gasteiger partial charge on any atom is 0.244 e. The number of para-hydroxylation sites is 2. The summed E-state index contributed by atoms with van der Waals surface area (Å²) in [6, 6.07) is 23.1. The van der Waals surface area contributed by atoms with Gasteiger partial charge in [-0.1, -0.05) is 79.2 Å². The number of carbonyl (C=O) groups excluding carboxylic acids is 2. The van der Waals surface area contributed by atoms with Gasteiger partial charge in [0.1, 0.15) is 18.3 Å². The molecule has 0 fully saturated rings. The molecule has 2 amide bonds. The molecule has 0 spiro atoms. The summed E-state index contributed by atoms with van der Waals surface area (Å²) in [5, 5.41) is 2.94. The van der Waals surface area contributed by atoms with Gasteiger partial charge in [-0.05, 0) is 43.5 Å². The Kier molecular flexibility index (Phi) is 11.1. The summed E-state index contributed by atoms with van der Waals surface area (Å²) < 4.78 is 32.7. The first kappa shape index (κ1) is 30.7. The van der Waals surface area contributed by atoms with Crippen molar-refractivity contribution >= 4 is 27.5 Å². The Balaban J connectivity index is 2.07. The van der Waals surface area contributed by atoms with Crippen LogP contribution in [-0.4, -0.2) is 57.1 Å². The number of aryl methyl sites for hydroxylation is 1. The first-order chi connectivity index (χ1) is 19.1. The van der Waals surface area contributed by atoms with Gasteiger partial charge in [0.25, 0.3) is 0 Å². The Morgan fingerprint density at radius 3 is 2.25 bits per heavy atom. The van der Waals surface area contributed by atoms with Gasteiger partial charge in [0.15, 0.2) is 0 Å². The van der Waals surface area contributed by atoms with Gasteiger partial charge in [0.05, 0.1) is 18.6 Å². The summed E-state index contributed by atoms with van der Waals surface area (Å²) in [5.74, 6) is -0.423. The predicted molar refractivity (Wildman–Crippen MR) is 159 cm³/mol. The first-order valence-electron chi connectivity index (χ1n) is 13.5. The molecule has 214 valence electrons. The maximum atomic E-state index is 14.1. The molecule has 0 aromatic heterocycles. The van der Waals surface area contributed by atoms with Crippen LogP contribution in [0.5, 0.6) is 5.75 Å². The molecule has 9 heteroatoms. The van der Waals surface area contributed by atoms with Crippen molar-refractivity contribution in [1.82, 2.24) is 10.2 Å². The van der Waals surface area contributed by atoms with E-state index in [-0.39, 0.29) is 24.6 Å². The lowest BCUT2D eigenvalue weighted by molar-refractivity contribution is -0.140. The molecule has 0 aliphatic carbocycles. The summed E-state index contributed by atoms with van der Waals surface area (Å²) in [7, 11) is -3.88. The van der Waals surface area contributed by atoms with Gasteiger partial charge in [-0.3, -0.25) is 13.9 Å². The first-order valence-corrected chi connectivity index (χ1v) is 15.3. The topological polar surface area (TPSA) is 96.0 Å². The number of sulfonamides is 1. The molecular weight excluding hydrogens is 526 g/mol. The van der Waals surface area contributed by atoms with Crippen molar-refractivity contribution < 1.29 is 22.7 Å². The Bertz CT molecular complexity index is 1380. The number of hydrogen-bond acceptors (Lipinski definition) is 5. The third-order valence-corrected chi connectivity index (χ3v) is 7.50. The molecule has 0 unspecified atom stereocenters. The summed E-state index contributed by atoms with van der Waals surface area (Å²) >= 11 is 0. The van der Waals surface area contributed by atoms with Gasteiger partial charge < -0.3 is 15.0 Å². The van der Waals surface area contributed by atoms with E-state index in [0.717, 1.165) is 33.7 Å². The summed E-state index contributed by atoms with van der Waals surface area (Å²) in [6.07, 6.45) is 2.08. The largest absolute Gasteiger partial charge is 0.492 e. The molecule has 0 saturated carbocycles. The summed E-state index contributed by atoms with van der Waals surface area (Å²) in [4.78, 5) is 29.2. The smallest absolute Gasteiger partial charge is 0.244 e. The van der Waals surface area contributed by atoms with Gasteiger partial charge in [0.2, 0.25) is 21.8 Å². The molecule has 3 aromatic rings. The van der Waals surface area contributed by atoms with E-state index in [1.165, 1.54) is 4.90 Å². The highest BCUT2D eigenvalue weighted by atomic mass is 32.2. The monoisotopic (exact) mass is 565 g/mol. The summed E-state index contributed by atoms with van der Waals surface area (Å²) in [5.41, 5.74) is 3.02. The van der Waals surface area contributed by atoms with E-state index in [1.807, 2.05) is 68.4 Å². The molecule has 1 atom stereocenters. The van der Waals surface area contributed by atoms with Crippen molar-refractivity contribution in [3.05, 3.63) is 95.6 Å². The van der Waals surface area contributed by atoms with Crippen molar-refractivity contribution in [3.8, 4) is 5.75 Å². The van der Waals surface area contributed by atoms with Gasteiger partial charge in [0, 0.05) is 19.5 Å². The van der Waals surface area contributed by atoms with E-state index in [4.69, 9.17) is 4.74 Å². The number of ether oxygens (including phenoxy) is 1. The molecule has 0 aliphatic heterocycles. The average Bonchev–Trinajstić information content (AvgIpc) is 2.93. The summed E-state index contributed by atoms with van der Waals surface area (Å²) in [6.45, 7) is 6.18. The van der Waals surface area contributed by atoms with Crippen molar-refractivity contribution in [2.75, 3.05) is 30.3 Å². The number of carbonyl (C=O) groups is 2. The van der Waals surface area contributed by atoms with E-state index in [2.05, 4.69) is 5.32 Å². The number of nitrogens with zero attached hydrogens (tertiary/aromatic N) is 2. The minimum absolute atomic E-state index is 0.141. The van der Waals surface area contributed by atoms with Crippen LogP contribution in [0.4, 0.5) is 5.69 Å². The van der Waals surface area contributed by atoms with Crippen LogP contribution in [0.2, 0.25) is 0 Å². The lowest BCUT2D eigenvalue weighted by atomic mass is 10.0. The third kappa shape index (κ3) is 8.58. The van der Waals surface area contributed by atoms with Crippen molar-refractivity contribution in [2.45, 2.75) is 46.2 Å². The van der Waals surface area contributed by atoms with Gasteiger partial charge in [-0.25, -0.2) is 8.42 Å². The van der Waals surface area contributed by atoms with Crippen LogP contribution in [0.3, 0.4) is 0 Å². The Labute approximate surface area is 238 Å². The zero-order chi connectivity index (χ0) is 29.1. The van der Waals surface area contributed by atoms with E-state index in [1.54, 1.807) is 31.2 Å². The Hall–Kier alpha value is -3.85. The number of nitrogens with one attached hydrogen (secondary N) is 1. The van der Waals surface area contributed by atoms with E-state index >= 15 is 0 Å². The fourth-order valence-corrected chi connectivity index (χ4v) is 5.32. The average molecular weight is 566 g/mol. The Morgan fingerprint density at radius 2 is 1.60 bits per heavy atom. The standard InChI is InChI=1S/C31H39N3O5S/c1-5-19-32-31(36)28(21-25-14-8-7-9-15-25)33(22-26-16-12-13-24(3)20-26)30(35)23-34(40(4,37)38)27-17-10-11-18-29(27)39-6-2/h7-18,20,28H,5-6,19,21-23H2,1-4H3,(H,32,36)/t28-/m1/s1. The molecule has 0 bridgehead atoms. The van der Waals surface area contributed by atoms with Crippen LogP contribution in [0, 0.1) is 6.92 Å². The second kappa shape index (κ2) is 14.5. The highest BCUT2D eigenvalue weighted by Crippen LogP contribution is 2.30. The minimum atomic E-state index is -3.88. The Morgan fingerprint density at radius 1 is 0.925 bits per heavy atom. The molecule has 3 rings (SSSR count). The van der Waals surface area contributed by atoms with Crippen molar-refractivity contribution in [1.29, 1.82) is 0 Å². The van der Waals surface area contributed by atoms with Crippen LogP contribution >= 0.6 is 0 Å². The molecule has 1 N–H and O–H groups in total. The van der Waals surface area contributed by atoms with Crippen LogP contribution in [0.1, 0.15) is 37.0 Å². The van der Waals surface area contributed by atoms with E-state index in [0.29, 0.717) is 18.9 Å². The lowest BCUT2D eigenvalue weighted by Gasteiger charge is -2.33. The molecule has 0 saturated heterocycles. The fourth-order valence-electron chi connectivity index (χ4n) is 4.46. The predicted octanol–water partition coefficient (Wildman–Crippen LogP) is 4.33. The fraction of sp³-hybridized carbons (Fsp3) is 0.355. The van der Waals surface area contributed by atoms with Gasteiger partial charge >= 0.3 is 0 Å². The highest BCUT2D eigenvalue weighted by molar-refractivity contribution is 7.92. The number of hydrogen-bond donors (Lipinski definition) is 1. The third-order valence-electron chi connectivity index (χ3n) is 6.37. The molecule has 8 nitrogen and oxygen atoms in total. The minimum Gasteiger partial charge on any atom is -0.492 e. The quantitative estimate of drug-likeness (QED) is 0.314. The molecule has 40 heavy (non-hydrogen) atoms. The van der Waals surface area contributed by atoms with Crippen molar-refractivity contribution in [2.24, 2.45) is 0 Å². The zero-order valence-electron chi connectivity index (χ0n) is 23.7. The SMILES string of the molecule is CCCNC(=O)[C@@H](Cc1ccccc1)N(Cc1cccc(C)c1)C(=O)CN(c1ccccc1OCC)S(C)(=O)=O. The number of benzene rings is 3.